The Hall–Kier alpha value is -2.15. The number of hydrogen-bond acceptors (Lipinski definition) is 4. The monoisotopic (exact) mass is 253 g/mol. The van der Waals surface area contributed by atoms with Gasteiger partial charge in [-0.25, -0.2) is 4.39 Å². The van der Waals surface area contributed by atoms with E-state index in [1.165, 1.54) is 12.1 Å². The molecule has 1 aromatic rings. The average molecular weight is 253 g/mol. The Balaban J connectivity index is 2.17. The van der Waals surface area contributed by atoms with Crippen LogP contribution in [0.25, 0.3) is 0 Å². The van der Waals surface area contributed by atoms with Crippen LogP contribution < -0.4 is 21.5 Å². The number of rotatable bonds is 3. The van der Waals surface area contributed by atoms with Crippen molar-refractivity contribution in [1.29, 1.82) is 0 Å². The molecule has 18 heavy (non-hydrogen) atoms. The first-order chi connectivity index (χ1) is 8.47. The van der Waals surface area contributed by atoms with Crippen LogP contribution in [0.2, 0.25) is 0 Å². The van der Waals surface area contributed by atoms with E-state index in [1.807, 2.05) is 0 Å². The van der Waals surface area contributed by atoms with Gasteiger partial charge in [-0.3, -0.25) is 9.59 Å². The van der Waals surface area contributed by atoms with Crippen molar-refractivity contribution in [2.75, 3.05) is 5.32 Å². The van der Waals surface area contributed by atoms with Crippen molar-refractivity contribution in [3.05, 3.63) is 24.0 Å². The summed E-state index contributed by atoms with van der Waals surface area (Å²) >= 11 is 0. The number of benzene rings is 1. The zero-order valence-corrected chi connectivity index (χ0v) is 9.35. The lowest BCUT2D eigenvalue weighted by molar-refractivity contribution is -0.125. The number of anilines is 1. The molecule has 2 atom stereocenters. The van der Waals surface area contributed by atoms with Crippen molar-refractivity contribution in [2.24, 2.45) is 11.5 Å². The van der Waals surface area contributed by atoms with Gasteiger partial charge in [0, 0.05) is 12.5 Å². The molecule has 6 nitrogen and oxygen atoms in total. The predicted octanol–water partition coefficient (Wildman–Crippen LogP) is -0.272. The summed E-state index contributed by atoms with van der Waals surface area (Å²) in [5.41, 5.74) is 10.8. The molecule has 2 amide bonds. The van der Waals surface area contributed by atoms with Crippen molar-refractivity contribution < 1.29 is 18.7 Å². The van der Waals surface area contributed by atoms with Crippen LogP contribution in [-0.4, -0.2) is 24.0 Å². The van der Waals surface area contributed by atoms with Gasteiger partial charge < -0.3 is 21.5 Å². The molecular weight excluding hydrogens is 241 g/mol. The second kappa shape index (κ2) is 4.61. The lowest BCUT2D eigenvalue weighted by atomic mass is 10.1. The van der Waals surface area contributed by atoms with Crippen molar-refractivity contribution in [1.82, 2.24) is 0 Å². The molecule has 0 radical (unpaired) electrons. The molecule has 2 rings (SSSR count). The number of ether oxygens (including phenoxy) is 1. The summed E-state index contributed by atoms with van der Waals surface area (Å²) in [5.74, 6) is -1.44. The molecular formula is C11H12FN3O3. The zero-order chi connectivity index (χ0) is 13.3. The maximum Gasteiger partial charge on any atom is 0.265 e. The Kier molecular flexibility index (Phi) is 3.15. The van der Waals surface area contributed by atoms with Gasteiger partial charge in [-0.2, -0.15) is 0 Å². The Labute approximate surface area is 102 Å². The number of fused-ring (bicyclic) bond motifs is 1. The van der Waals surface area contributed by atoms with Gasteiger partial charge in [-0.15, -0.1) is 0 Å². The molecule has 1 aromatic carbocycles. The summed E-state index contributed by atoms with van der Waals surface area (Å²) in [5, 5.41) is 2.54. The number of amides is 2. The highest BCUT2D eigenvalue weighted by molar-refractivity contribution is 5.98. The van der Waals surface area contributed by atoms with Crippen molar-refractivity contribution in [3.63, 3.8) is 0 Å². The highest BCUT2D eigenvalue weighted by atomic mass is 19.1. The van der Waals surface area contributed by atoms with Crippen LogP contribution in [0.3, 0.4) is 0 Å². The second-order valence-electron chi connectivity index (χ2n) is 3.98. The number of primary amides is 1. The Morgan fingerprint density at radius 1 is 1.56 bits per heavy atom. The Morgan fingerprint density at radius 2 is 2.28 bits per heavy atom. The lowest BCUT2D eigenvalue weighted by Crippen LogP contribution is -2.45. The number of halogens is 1. The van der Waals surface area contributed by atoms with Gasteiger partial charge in [0.2, 0.25) is 5.91 Å². The largest absolute Gasteiger partial charge is 0.478 e. The normalized spacial score (nSPS) is 19.4. The van der Waals surface area contributed by atoms with Crippen LogP contribution in [0.4, 0.5) is 10.1 Å². The first kappa shape index (κ1) is 12.3. The first-order valence-corrected chi connectivity index (χ1v) is 5.29. The van der Waals surface area contributed by atoms with E-state index in [9.17, 15) is 14.0 Å². The average Bonchev–Trinajstić information content (AvgIpc) is 2.30. The van der Waals surface area contributed by atoms with Gasteiger partial charge >= 0.3 is 0 Å². The summed E-state index contributed by atoms with van der Waals surface area (Å²) in [7, 11) is 0. The van der Waals surface area contributed by atoms with E-state index in [2.05, 4.69) is 5.32 Å². The molecule has 0 fully saturated rings. The minimum atomic E-state index is -0.990. The molecule has 7 heteroatoms. The molecule has 1 aliphatic rings. The van der Waals surface area contributed by atoms with Crippen LogP contribution in [0.1, 0.15) is 6.42 Å². The fraction of sp³-hybridized carbons (Fsp3) is 0.273. The van der Waals surface area contributed by atoms with Crippen molar-refractivity contribution in [3.8, 4) is 5.75 Å². The highest BCUT2D eigenvalue weighted by Gasteiger charge is 2.30. The topological polar surface area (TPSA) is 107 Å². The molecule has 0 saturated carbocycles. The highest BCUT2D eigenvalue weighted by Crippen LogP contribution is 2.30. The minimum Gasteiger partial charge on any atom is -0.478 e. The molecule has 0 aliphatic carbocycles. The molecule has 1 heterocycles. The summed E-state index contributed by atoms with van der Waals surface area (Å²) in [6.45, 7) is 0. The molecule has 0 spiro atoms. The fourth-order valence-electron chi connectivity index (χ4n) is 1.62. The van der Waals surface area contributed by atoms with Gasteiger partial charge in [0.25, 0.3) is 5.91 Å². The maximum absolute atomic E-state index is 13.0. The van der Waals surface area contributed by atoms with Gasteiger partial charge in [0.05, 0.1) is 11.7 Å². The van der Waals surface area contributed by atoms with E-state index in [0.717, 1.165) is 6.07 Å². The quantitative estimate of drug-likeness (QED) is 0.689. The molecule has 5 N–H and O–H groups in total. The molecule has 0 saturated heterocycles. The van der Waals surface area contributed by atoms with Gasteiger partial charge in [0.1, 0.15) is 11.6 Å². The zero-order valence-electron chi connectivity index (χ0n) is 9.35. The van der Waals surface area contributed by atoms with E-state index in [0.29, 0.717) is 5.69 Å². The van der Waals surface area contributed by atoms with Crippen LogP contribution in [-0.2, 0) is 9.59 Å². The maximum atomic E-state index is 13.0. The third kappa shape index (κ3) is 2.40. The van der Waals surface area contributed by atoms with E-state index >= 15 is 0 Å². The molecule has 1 aliphatic heterocycles. The van der Waals surface area contributed by atoms with E-state index < -0.39 is 29.8 Å². The van der Waals surface area contributed by atoms with Crippen LogP contribution in [0, 0.1) is 5.82 Å². The number of nitrogens with two attached hydrogens (primary N) is 2. The molecule has 0 aromatic heterocycles. The second-order valence-corrected chi connectivity index (χ2v) is 3.98. The van der Waals surface area contributed by atoms with Crippen molar-refractivity contribution in [2.45, 2.75) is 18.6 Å². The van der Waals surface area contributed by atoms with Crippen LogP contribution >= 0.6 is 0 Å². The summed E-state index contributed by atoms with van der Waals surface area (Å²) < 4.78 is 18.3. The number of carbonyl (C=O) groups excluding carboxylic acids is 2. The summed E-state index contributed by atoms with van der Waals surface area (Å²) in [4.78, 5) is 22.5. The number of carbonyl (C=O) groups is 2. The van der Waals surface area contributed by atoms with Gasteiger partial charge in [0.15, 0.2) is 6.10 Å². The van der Waals surface area contributed by atoms with Crippen LogP contribution in [0.15, 0.2) is 18.2 Å². The number of nitrogens with one attached hydrogen (secondary N) is 1. The summed E-state index contributed by atoms with van der Waals surface area (Å²) in [6, 6.07) is 2.76. The Morgan fingerprint density at radius 3 is 2.94 bits per heavy atom. The van der Waals surface area contributed by atoms with E-state index in [4.69, 9.17) is 16.2 Å². The smallest absolute Gasteiger partial charge is 0.265 e. The third-order valence-corrected chi connectivity index (χ3v) is 2.60. The minimum absolute atomic E-state index is 0.0584. The lowest BCUT2D eigenvalue weighted by Gasteiger charge is -2.26. The first-order valence-electron chi connectivity index (χ1n) is 5.29. The van der Waals surface area contributed by atoms with Crippen molar-refractivity contribution >= 4 is 17.5 Å². The van der Waals surface area contributed by atoms with Crippen LogP contribution in [0.5, 0.6) is 5.75 Å². The summed E-state index contributed by atoms with van der Waals surface area (Å²) in [6.07, 6.45) is -1.02. The van der Waals surface area contributed by atoms with E-state index in [-0.39, 0.29) is 12.2 Å². The Bertz CT molecular complexity index is 506. The van der Waals surface area contributed by atoms with Gasteiger partial charge in [-0.1, -0.05) is 0 Å². The predicted molar refractivity (Wildman–Crippen MR) is 61.2 cm³/mol. The van der Waals surface area contributed by atoms with E-state index in [1.54, 1.807) is 0 Å². The standard InChI is InChI=1S/C11H12FN3O3/c12-5-1-2-7-8(3-5)18-9(11(17)15-7)4-6(13)10(14)16/h1-3,6,9H,4,13H2,(H2,14,16)(H,15,17)/t6-,9-/m0/s1. The molecule has 0 unspecified atom stereocenters. The molecule has 0 bridgehead atoms. The number of hydrogen-bond donors (Lipinski definition) is 3. The fourth-order valence-corrected chi connectivity index (χ4v) is 1.62. The molecule has 96 valence electrons. The SMILES string of the molecule is NC(=O)[C@@H](N)C[C@@H]1Oc2cc(F)ccc2NC1=O. The van der Waals surface area contributed by atoms with Gasteiger partial charge in [-0.05, 0) is 12.1 Å². The third-order valence-electron chi connectivity index (χ3n) is 2.60.